The molecule has 0 aliphatic rings. The molecule has 1 rings (SSSR count). The smallest absolute Gasteiger partial charge is 0.326 e. The Morgan fingerprint density at radius 1 is 1.37 bits per heavy atom. The Bertz CT molecular complexity index is 451. The van der Waals surface area contributed by atoms with Gasteiger partial charge in [0.2, 0.25) is 0 Å². The van der Waals surface area contributed by atoms with Crippen molar-refractivity contribution in [3.63, 3.8) is 0 Å². The number of methoxy groups -OCH3 is 2. The van der Waals surface area contributed by atoms with Crippen LogP contribution in [0.4, 0.5) is 5.69 Å². The number of hydrogen-bond donors (Lipinski definition) is 2. The third-order valence-electron chi connectivity index (χ3n) is 2.68. The van der Waals surface area contributed by atoms with Gasteiger partial charge in [-0.3, -0.25) is 0 Å². The van der Waals surface area contributed by atoms with Crippen molar-refractivity contribution in [2.24, 2.45) is 0 Å². The average Bonchev–Trinajstić information content (AvgIpc) is 2.39. The Morgan fingerprint density at radius 3 is 2.47 bits per heavy atom. The molecule has 1 aromatic carbocycles. The van der Waals surface area contributed by atoms with Gasteiger partial charge in [-0.25, -0.2) is 4.79 Å². The molecule has 2 N–H and O–H groups in total. The van der Waals surface area contributed by atoms with Crippen LogP contribution in [0.5, 0.6) is 11.5 Å². The number of halogens is 1. The van der Waals surface area contributed by atoms with Crippen LogP contribution in [0.3, 0.4) is 0 Å². The van der Waals surface area contributed by atoms with Crippen molar-refractivity contribution in [1.29, 1.82) is 0 Å². The number of nitrogens with one attached hydrogen (secondary N) is 1. The van der Waals surface area contributed by atoms with Crippen molar-refractivity contribution < 1.29 is 19.4 Å². The van der Waals surface area contributed by atoms with Gasteiger partial charge in [0.05, 0.1) is 24.9 Å². The summed E-state index contributed by atoms with van der Waals surface area (Å²) in [6.07, 6.45) is 1.28. The standard InChI is InChI=1S/C13H18ClNO4/c1-4-5-9(13(16)17)15-10-7-11(18-2)8(14)6-12(10)19-3/h6-7,9,15H,4-5H2,1-3H3,(H,16,17). The monoisotopic (exact) mass is 287 g/mol. The highest BCUT2D eigenvalue weighted by Crippen LogP contribution is 2.36. The van der Waals surface area contributed by atoms with Crippen LogP contribution < -0.4 is 14.8 Å². The summed E-state index contributed by atoms with van der Waals surface area (Å²) in [5.74, 6) is 0.0385. The van der Waals surface area contributed by atoms with Gasteiger partial charge in [0.25, 0.3) is 0 Å². The fourth-order valence-corrected chi connectivity index (χ4v) is 1.94. The second-order valence-electron chi connectivity index (χ2n) is 4.01. The van der Waals surface area contributed by atoms with E-state index < -0.39 is 12.0 Å². The zero-order valence-electron chi connectivity index (χ0n) is 11.2. The predicted molar refractivity (Wildman–Crippen MR) is 74.5 cm³/mol. The van der Waals surface area contributed by atoms with Crippen LogP contribution in [0.1, 0.15) is 19.8 Å². The second-order valence-corrected chi connectivity index (χ2v) is 4.42. The fourth-order valence-electron chi connectivity index (χ4n) is 1.71. The van der Waals surface area contributed by atoms with Gasteiger partial charge in [-0.1, -0.05) is 24.9 Å². The van der Waals surface area contributed by atoms with Crippen LogP contribution in [0.25, 0.3) is 0 Å². The molecule has 1 unspecified atom stereocenters. The molecule has 19 heavy (non-hydrogen) atoms. The van der Waals surface area contributed by atoms with Crippen LogP contribution in [-0.4, -0.2) is 31.3 Å². The first-order valence-corrected chi connectivity index (χ1v) is 6.32. The Balaban J connectivity index is 3.06. The van der Waals surface area contributed by atoms with Gasteiger partial charge in [0.15, 0.2) is 0 Å². The van der Waals surface area contributed by atoms with Gasteiger partial charge in [-0.05, 0) is 6.42 Å². The average molecular weight is 288 g/mol. The van der Waals surface area contributed by atoms with Gasteiger partial charge in [-0.15, -0.1) is 0 Å². The van der Waals surface area contributed by atoms with Crippen LogP contribution in [-0.2, 0) is 4.79 Å². The normalized spacial score (nSPS) is 11.8. The maximum atomic E-state index is 11.2. The summed E-state index contributed by atoms with van der Waals surface area (Å²) in [4.78, 5) is 11.2. The molecule has 5 nitrogen and oxygen atoms in total. The SMILES string of the molecule is CCCC(Nc1cc(OC)c(Cl)cc1OC)C(=O)O. The molecule has 0 heterocycles. The van der Waals surface area contributed by atoms with Gasteiger partial charge in [0, 0.05) is 12.1 Å². The molecule has 0 aliphatic heterocycles. The summed E-state index contributed by atoms with van der Waals surface area (Å²) in [5, 5.41) is 12.5. The quantitative estimate of drug-likeness (QED) is 0.807. The van der Waals surface area contributed by atoms with Crippen LogP contribution in [0, 0.1) is 0 Å². The molecule has 0 aromatic heterocycles. The molecule has 0 radical (unpaired) electrons. The number of anilines is 1. The minimum atomic E-state index is -0.905. The molecule has 0 saturated carbocycles. The molecule has 1 atom stereocenters. The first-order chi connectivity index (χ1) is 9.03. The highest BCUT2D eigenvalue weighted by atomic mass is 35.5. The lowest BCUT2D eigenvalue weighted by Gasteiger charge is -2.18. The number of carboxylic acid groups (broad SMARTS) is 1. The highest BCUT2D eigenvalue weighted by Gasteiger charge is 2.19. The first kappa shape index (κ1) is 15.4. The lowest BCUT2D eigenvalue weighted by molar-refractivity contribution is -0.138. The van der Waals surface area contributed by atoms with Crippen LogP contribution >= 0.6 is 11.6 Å². The number of rotatable bonds is 7. The highest BCUT2D eigenvalue weighted by molar-refractivity contribution is 6.32. The Kier molecular flexibility index (Phi) is 5.76. The van der Waals surface area contributed by atoms with E-state index in [0.29, 0.717) is 28.6 Å². The summed E-state index contributed by atoms with van der Waals surface area (Å²) in [5.41, 5.74) is 0.546. The topological polar surface area (TPSA) is 67.8 Å². The van der Waals surface area contributed by atoms with E-state index in [-0.39, 0.29) is 0 Å². The van der Waals surface area contributed by atoms with Gasteiger partial charge < -0.3 is 19.9 Å². The fraction of sp³-hybridized carbons (Fsp3) is 0.462. The van der Waals surface area contributed by atoms with E-state index in [1.54, 1.807) is 12.1 Å². The van der Waals surface area contributed by atoms with E-state index >= 15 is 0 Å². The van der Waals surface area contributed by atoms with Crippen LogP contribution in [0.15, 0.2) is 12.1 Å². The number of carboxylic acids is 1. The second kappa shape index (κ2) is 7.09. The van der Waals surface area contributed by atoms with Crippen molar-refractivity contribution in [1.82, 2.24) is 0 Å². The maximum Gasteiger partial charge on any atom is 0.326 e. The van der Waals surface area contributed by atoms with Gasteiger partial charge >= 0.3 is 5.97 Å². The number of carbonyl (C=O) groups is 1. The summed E-state index contributed by atoms with van der Waals surface area (Å²) >= 11 is 5.99. The summed E-state index contributed by atoms with van der Waals surface area (Å²) in [7, 11) is 3.00. The minimum absolute atomic E-state index is 0.410. The van der Waals surface area contributed by atoms with E-state index in [4.69, 9.17) is 26.2 Å². The first-order valence-electron chi connectivity index (χ1n) is 5.94. The molecule has 0 aliphatic carbocycles. The molecular formula is C13H18ClNO4. The zero-order valence-corrected chi connectivity index (χ0v) is 12.0. The summed E-state index contributed by atoms with van der Waals surface area (Å²) in [6.45, 7) is 1.93. The van der Waals surface area contributed by atoms with Gasteiger partial charge in [-0.2, -0.15) is 0 Å². The van der Waals surface area contributed by atoms with Crippen molar-refractivity contribution in [3.05, 3.63) is 17.2 Å². The maximum absolute atomic E-state index is 11.2. The predicted octanol–water partition coefficient (Wildman–Crippen LogP) is 3.02. The largest absolute Gasteiger partial charge is 0.495 e. The van der Waals surface area contributed by atoms with E-state index in [1.165, 1.54) is 14.2 Å². The summed E-state index contributed by atoms with van der Waals surface area (Å²) in [6, 6.07) is 2.55. The van der Waals surface area contributed by atoms with E-state index in [0.717, 1.165) is 6.42 Å². The summed E-state index contributed by atoms with van der Waals surface area (Å²) < 4.78 is 10.3. The van der Waals surface area contributed by atoms with E-state index in [2.05, 4.69) is 5.32 Å². The molecule has 0 saturated heterocycles. The lowest BCUT2D eigenvalue weighted by atomic mass is 10.1. The third kappa shape index (κ3) is 3.92. The molecule has 106 valence electrons. The molecule has 0 fully saturated rings. The van der Waals surface area contributed by atoms with Crippen LogP contribution in [0.2, 0.25) is 5.02 Å². The number of hydrogen-bond acceptors (Lipinski definition) is 4. The minimum Gasteiger partial charge on any atom is -0.495 e. The number of ether oxygens (including phenoxy) is 2. The Morgan fingerprint density at radius 2 is 2.00 bits per heavy atom. The van der Waals surface area contributed by atoms with Crippen molar-refractivity contribution in [2.75, 3.05) is 19.5 Å². The van der Waals surface area contributed by atoms with Crippen molar-refractivity contribution >= 4 is 23.3 Å². The molecule has 0 amide bonds. The Labute approximate surface area is 117 Å². The molecule has 0 bridgehead atoms. The third-order valence-corrected chi connectivity index (χ3v) is 2.97. The lowest BCUT2D eigenvalue weighted by Crippen LogP contribution is -2.29. The Hall–Kier alpha value is -1.62. The number of aliphatic carboxylic acids is 1. The molecule has 0 spiro atoms. The van der Waals surface area contributed by atoms with Crippen molar-refractivity contribution in [3.8, 4) is 11.5 Å². The van der Waals surface area contributed by atoms with E-state index in [1.807, 2.05) is 6.92 Å². The van der Waals surface area contributed by atoms with Gasteiger partial charge in [0.1, 0.15) is 17.5 Å². The molecule has 1 aromatic rings. The van der Waals surface area contributed by atoms with E-state index in [9.17, 15) is 4.79 Å². The number of benzene rings is 1. The molecular weight excluding hydrogens is 270 g/mol. The van der Waals surface area contributed by atoms with Crippen molar-refractivity contribution in [2.45, 2.75) is 25.8 Å². The molecule has 6 heteroatoms. The zero-order chi connectivity index (χ0) is 14.4.